The van der Waals surface area contributed by atoms with Gasteiger partial charge in [0.1, 0.15) is 5.82 Å². The average molecular weight is 220 g/mol. The third-order valence-electron chi connectivity index (χ3n) is 2.23. The normalized spacial score (nSPS) is 9.56. The van der Waals surface area contributed by atoms with Crippen LogP contribution in [0.3, 0.4) is 0 Å². The smallest absolute Gasteiger partial charge is 0.340 e. The van der Waals surface area contributed by atoms with Crippen molar-refractivity contribution in [2.45, 2.75) is 19.3 Å². The second-order valence-electron chi connectivity index (χ2n) is 3.36. The molecule has 0 unspecified atom stereocenters. The van der Waals surface area contributed by atoms with Crippen LogP contribution in [0.5, 0.6) is 0 Å². The molecule has 1 rings (SSSR count). The predicted molar refractivity (Wildman–Crippen MR) is 59.5 cm³/mol. The van der Waals surface area contributed by atoms with Gasteiger partial charge in [-0.05, 0) is 30.5 Å². The third kappa shape index (κ3) is 3.09. The Morgan fingerprint density at radius 1 is 1.56 bits per heavy atom. The Bertz CT molecular complexity index is 418. The number of terminal acetylenes is 1. The second-order valence-corrected chi connectivity index (χ2v) is 3.36. The van der Waals surface area contributed by atoms with Gasteiger partial charge in [0.2, 0.25) is 0 Å². The van der Waals surface area contributed by atoms with Crippen molar-refractivity contribution < 1.29 is 13.9 Å². The number of rotatable bonds is 4. The molecule has 0 saturated heterocycles. The van der Waals surface area contributed by atoms with Crippen molar-refractivity contribution in [3.05, 3.63) is 35.1 Å². The molecule has 0 aliphatic rings. The topological polar surface area (TPSA) is 26.3 Å². The first-order chi connectivity index (χ1) is 7.69. The van der Waals surface area contributed by atoms with Crippen molar-refractivity contribution >= 4 is 5.97 Å². The summed E-state index contributed by atoms with van der Waals surface area (Å²) in [7, 11) is 1.22. The highest BCUT2D eigenvalue weighted by molar-refractivity contribution is 5.89. The molecule has 0 amide bonds. The van der Waals surface area contributed by atoms with E-state index in [0.29, 0.717) is 12.8 Å². The van der Waals surface area contributed by atoms with E-state index in [0.717, 1.165) is 12.0 Å². The van der Waals surface area contributed by atoms with Crippen LogP contribution < -0.4 is 0 Å². The van der Waals surface area contributed by atoms with Gasteiger partial charge in [0.25, 0.3) is 0 Å². The zero-order valence-corrected chi connectivity index (χ0v) is 9.13. The number of hydrogen-bond donors (Lipinski definition) is 0. The highest BCUT2D eigenvalue weighted by Gasteiger charge is 2.11. The van der Waals surface area contributed by atoms with Crippen LogP contribution in [0.2, 0.25) is 0 Å². The van der Waals surface area contributed by atoms with Crippen LogP contribution in [-0.2, 0) is 11.2 Å². The van der Waals surface area contributed by atoms with Crippen LogP contribution in [-0.4, -0.2) is 13.1 Å². The Morgan fingerprint density at radius 3 is 2.88 bits per heavy atom. The Balaban J connectivity index is 2.75. The van der Waals surface area contributed by atoms with Crippen LogP contribution >= 0.6 is 0 Å². The van der Waals surface area contributed by atoms with Crippen LogP contribution in [0.1, 0.15) is 28.8 Å². The number of unbranched alkanes of at least 4 members (excludes halogenated alkanes) is 1. The minimum absolute atomic E-state index is 0.0387. The fourth-order valence-corrected chi connectivity index (χ4v) is 1.38. The lowest BCUT2D eigenvalue weighted by atomic mass is 10.1. The van der Waals surface area contributed by atoms with Crippen LogP contribution in [0, 0.1) is 18.2 Å². The molecule has 0 saturated carbocycles. The molecule has 0 bridgehead atoms. The summed E-state index contributed by atoms with van der Waals surface area (Å²) in [6.07, 6.45) is 7.31. The Morgan fingerprint density at radius 2 is 2.31 bits per heavy atom. The number of aryl methyl sites for hydroxylation is 1. The van der Waals surface area contributed by atoms with E-state index in [1.165, 1.54) is 19.2 Å². The maximum atomic E-state index is 13.5. The summed E-state index contributed by atoms with van der Waals surface area (Å²) in [4.78, 5) is 11.1. The zero-order chi connectivity index (χ0) is 12.0. The van der Waals surface area contributed by atoms with Crippen LogP contribution in [0.15, 0.2) is 18.2 Å². The quantitative estimate of drug-likeness (QED) is 0.443. The molecule has 0 spiro atoms. The number of hydrogen-bond acceptors (Lipinski definition) is 2. The molecular weight excluding hydrogens is 207 g/mol. The van der Waals surface area contributed by atoms with Crippen LogP contribution in [0.4, 0.5) is 4.39 Å². The van der Waals surface area contributed by atoms with Crippen molar-refractivity contribution in [3.63, 3.8) is 0 Å². The molecule has 1 aromatic rings. The van der Waals surface area contributed by atoms with Gasteiger partial charge in [0.05, 0.1) is 12.7 Å². The summed E-state index contributed by atoms with van der Waals surface area (Å²) in [5.74, 6) is 1.31. The van der Waals surface area contributed by atoms with E-state index < -0.39 is 11.8 Å². The molecule has 0 heterocycles. The SMILES string of the molecule is C#CCCCc1ccc(C(=O)OC)c(F)c1. The van der Waals surface area contributed by atoms with E-state index in [1.807, 2.05) is 0 Å². The molecule has 2 nitrogen and oxygen atoms in total. The van der Waals surface area contributed by atoms with Gasteiger partial charge >= 0.3 is 5.97 Å². The maximum absolute atomic E-state index is 13.5. The number of methoxy groups -OCH3 is 1. The van der Waals surface area contributed by atoms with Gasteiger partial charge in [-0.15, -0.1) is 12.3 Å². The molecule has 0 aliphatic heterocycles. The van der Waals surface area contributed by atoms with Gasteiger partial charge in [-0.25, -0.2) is 9.18 Å². The molecule has 0 atom stereocenters. The van der Waals surface area contributed by atoms with E-state index in [2.05, 4.69) is 10.7 Å². The van der Waals surface area contributed by atoms with E-state index >= 15 is 0 Å². The van der Waals surface area contributed by atoms with Crippen molar-refractivity contribution in [1.82, 2.24) is 0 Å². The first kappa shape index (κ1) is 12.3. The van der Waals surface area contributed by atoms with E-state index in [1.54, 1.807) is 6.07 Å². The van der Waals surface area contributed by atoms with Crippen molar-refractivity contribution in [1.29, 1.82) is 0 Å². The lowest BCUT2D eigenvalue weighted by Gasteiger charge is -2.04. The van der Waals surface area contributed by atoms with E-state index in [9.17, 15) is 9.18 Å². The molecular formula is C13H13FO2. The van der Waals surface area contributed by atoms with Crippen molar-refractivity contribution in [3.8, 4) is 12.3 Å². The van der Waals surface area contributed by atoms with E-state index in [-0.39, 0.29) is 5.56 Å². The standard InChI is InChI=1S/C13H13FO2/c1-3-4-5-6-10-7-8-11(12(14)9-10)13(15)16-2/h1,7-9H,4-6H2,2H3. The summed E-state index contributed by atoms with van der Waals surface area (Å²) >= 11 is 0. The van der Waals surface area contributed by atoms with Gasteiger partial charge in [0.15, 0.2) is 0 Å². The van der Waals surface area contributed by atoms with Crippen molar-refractivity contribution in [2.24, 2.45) is 0 Å². The molecule has 0 aromatic heterocycles. The van der Waals surface area contributed by atoms with Gasteiger partial charge in [-0.3, -0.25) is 0 Å². The second kappa shape index (κ2) is 5.92. The molecule has 84 valence electrons. The summed E-state index contributed by atoms with van der Waals surface area (Å²) in [5, 5.41) is 0. The number of carbonyl (C=O) groups excluding carboxylic acids is 1. The molecule has 0 fully saturated rings. The average Bonchev–Trinajstić information content (AvgIpc) is 2.29. The summed E-state index contributed by atoms with van der Waals surface area (Å²) in [6, 6.07) is 4.50. The summed E-state index contributed by atoms with van der Waals surface area (Å²) < 4.78 is 17.9. The summed E-state index contributed by atoms with van der Waals surface area (Å²) in [5.41, 5.74) is 0.795. The Labute approximate surface area is 94.4 Å². The summed E-state index contributed by atoms with van der Waals surface area (Å²) in [6.45, 7) is 0. The van der Waals surface area contributed by atoms with Gasteiger partial charge in [-0.1, -0.05) is 6.07 Å². The molecule has 3 heteroatoms. The number of carbonyl (C=O) groups is 1. The number of esters is 1. The largest absolute Gasteiger partial charge is 0.465 e. The number of halogens is 1. The molecule has 0 aliphatic carbocycles. The fourth-order valence-electron chi connectivity index (χ4n) is 1.38. The van der Waals surface area contributed by atoms with Gasteiger partial charge in [0, 0.05) is 6.42 Å². The molecule has 1 aromatic carbocycles. The minimum Gasteiger partial charge on any atom is -0.465 e. The Hall–Kier alpha value is -1.82. The van der Waals surface area contributed by atoms with Gasteiger partial charge in [-0.2, -0.15) is 0 Å². The third-order valence-corrected chi connectivity index (χ3v) is 2.23. The lowest BCUT2D eigenvalue weighted by Crippen LogP contribution is -2.04. The first-order valence-corrected chi connectivity index (χ1v) is 4.99. The maximum Gasteiger partial charge on any atom is 0.340 e. The monoisotopic (exact) mass is 220 g/mol. The van der Waals surface area contributed by atoms with E-state index in [4.69, 9.17) is 6.42 Å². The Kier molecular flexibility index (Phi) is 4.53. The number of benzene rings is 1. The number of ether oxygens (including phenoxy) is 1. The van der Waals surface area contributed by atoms with Gasteiger partial charge < -0.3 is 4.74 Å². The lowest BCUT2D eigenvalue weighted by molar-refractivity contribution is 0.0595. The highest BCUT2D eigenvalue weighted by Crippen LogP contribution is 2.13. The zero-order valence-electron chi connectivity index (χ0n) is 9.13. The fraction of sp³-hybridized carbons (Fsp3) is 0.308. The predicted octanol–water partition coefficient (Wildman–Crippen LogP) is 2.57. The first-order valence-electron chi connectivity index (χ1n) is 4.99. The molecule has 16 heavy (non-hydrogen) atoms. The van der Waals surface area contributed by atoms with Crippen LogP contribution in [0.25, 0.3) is 0 Å². The minimum atomic E-state index is -0.660. The molecule has 0 radical (unpaired) electrons. The molecule has 0 N–H and O–H groups in total. The van der Waals surface area contributed by atoms with Crippen molar-refractivity contribution in [2.75, 3.05) is 7.11 Å². The highest BCUT2D eigenvalue weighted by atomic mass is 19.1.